The molecule has 0 aromatic heterocycles. The third-order valence-electron chi connectivity index (χ3n) is 3.23. The minimum Gasteiger partial charge on any atom is -0.496 e. The Bertz CT molecular complexity index is 776. The summed E-state index contributed by atoms with van der Waals surface area (Å²) in [5.41, 5.74) is 0.881. The number of hydrogen-bond donors (Lipinski definition) is 1. The molecule has 2 amide bonds. The first-order chi connectivity index (χ1) is 12.0. The summed E-state index contributed by atoms with van der Waals surface area (Å²) in [4.78, 5) is 35.4. The van der Waals surface area contributed by atoms with Crippen molar-refractivity contribution < 1.29 is 23.9 Å². The van der Waals surface area contributed by atoms with E-state index in [-0.39, 0.29) is 6.42 Å². The maximum atomic E-state index is 11.9. The van der Waals surface area contributed by atoms with E-state index >= 15 is 0 Å². The van der Waals surface area contributed by atoms with Crippen LogP contribution in [0.5, 0.6) is 5.75 Å². The number of carbonyl (C=O) groups is 3. The second kappa shape index (κ2) is 8.84. The molecule has 1 N–H and O–H groups in total. The van der Waals surface area contributed by atoms with E-state index in [0.29, 0.717) is 21.9 Å². The number of ether oxygens (including phenoxy) is 2. The maximum absolute atomic E-state index is 11.9. The van der Waals surface area contributed by atoms with Crippen LogP contribution in [0.1, 0.15) is 15.9 Å². The van der Waals surface area contributed by atoms with Gasteiger partial charge in [0.25, 0.3) is 11.8 Å². The van der Waals surface area contributed by atoms with Crippen molar-refractivity contribution in [2.45, 2.75) is 6.42 Å². The van der Waals surface area contributed by atoms with Gasteiger partial charge < -0.3 is 9.47 Å². The highest BCUT2D eigenvalue weighted by Gasteiger charge is 2.14. The zero-order valence-electron chi connectivity index (χ0n) is 13.5. The number of carbonyl (C=O) groups excluding carboxylic acids is 3. The van der Waals surface area contributed by atoms with Crippen molar-refractivity contribution >= 4 is 29.4 Å². The van der Waals surface area contributed by atoms with Crippen LogP contribution < -0.4 is 10.1 Å². The molecule has 0 bridgehead atoms. The Kier molecular flexibility index (Phi) is 6.54. The lowest BCUT2D eigenvalue weighted by Gasteiger charge is -2.09. The number of benzene rings is 2. The van der Waals surface area contributed by atoms with Crippen molar-refractivity contribution in [1.29, 1.82) is 0 Å². The first kappa shape index (κ1) is 18.5. The predicted octanol–water partition coefficient (Wildman–Crippen LogP) is 2.39. The molecule has 0 fully saturated rings. The monoisotopic (exact) mass is 361 g/mol. The normalized spacial score (nSPS) is 10.0. The van der Waals surface area contributed by atoms with Crippen molar-refractivity contribution in [3.8, 4) is 5.75 Å². The summed E-state index contributed by atoms with van der Waals surface area (Å²) < 4.78 is 10.0. The molecular weight excluding hydrogens is 346 g/mol. The number of amides is 2. The van der Waals surface area contributed by atoms with Crippen LogP contribution >= 0.6 is 11.6 Å². The molecule has 0 atom stereocenters. The van der Waals surface area contributed by atoms with Crippen LogP contribution in [0.15, 0.2) is 48.5 Å². The summed E-state index contributed by atoms with van der Waals surface area (Å²) in [7, 11) is 1.47. The van der Waals surface area contributed by atoms with Crippen LogP contribution in [-0.4, -0.2) is 31.5 Å². The van der Waals surface area contributed by atoms with Gasteiger partial charge in [0, 0.05) is 16.1 Å². The molecule has 0 aliphatic carbocycles. The lowest BCUT2D eigenvalue weighted by Crippen LogP contribution is -2.34. The van der Waals surface area contributed by atoms with E-state index < -0.39 is 24.4 Å². The summed E-state index contributed by atoms with van der Waals surface area (Å²) in [6, 6.07) is 13.1. The summed E-state index contributed by atoms with van der Waals surface area (Å²) in [6.45, 7) is -0.555. The molecule has 0 unspecified atom stereocenters. The summed E-state index contributed by atoms with van der Waals surface area (Å²) in [5, 5.41) is 2.60. The van der Waals surface area contributed by atoms with Gasteiger partial charge in [0.15, 0.2) is 6.61 Å². The minimum absolute atomic E-state index is 0.107. The van der Waals surface area contributed by atoms with Gasteiger partial charge in [-0.1, -0.05) is 29.8 Å². The van der Waals surface area contributed by atoms with E-state index in [0.717, 1.165) is 0 Å². The quantitative estimate of drug-likeness (QED) is 0.799. The van der Waals surface area contributed by atoms with Crippen LogP contribution in [0.4, 0.5) is 0 Å². The molecule has 130 valence electrons. The molecule has 0 heterocycles. The van der Waals surface area contributed by atoms with E-state index in [2.05, 4.69) is 5.32 Å². The molecule has 6 nitrogen and oxygen atoms in total. The Labute approximate surface area is 149 Å². The van der Waals surface area contributed by atoms with Gasteiger partial charge in [-0.15, -0.1) is 0 Å². The minimum atomic E-state index is -0.708. The Morgan fingerprint density at radius 3 is 2.48 bits per heavy atom. The molecular formula is C18H16ClNO5. The van der Waals surface area contributed by atoms with Crippen molar-refractivity contribution in [2.24, 2.45) is 0 Å². The summed E-state index contributed by atoms with van der Waals surface area (Å²) in [6.07, 6.45) is -0.107. The van der Waals surface area contributed by atoms with Crippen LogP contribution in [0.3, 0.4) is 0 Å². The molecule has 2 aromatic carbocycles. The zero-order chi connectivity index (χ0) is 18.2. The Balaban J connectivity index is 1.85. The van der Waals surface area contributed by atoms with Gasteiger partial charge in [-0.25, -0.2) is 0 Å². The van der Waals surface area contributed by atoms with Crippen LogP contribution in [0, 0.1) is 0 Å². The molecule has 0 saturated carbocycles. The van der Waals surface area contributed by atoms with Gasteiger partial charge in [-0.05, 0) is 30.3 Å². The fraction of sp³-hybridized carbons (Fsp3) is 0.167. The van der Waals surface area contributed by atoms with Crippen LogP contribution in [-0.2, 0) is 20.7 Å². The largest absolute Gasteiger partial charge is 0.496 e. The van der Waals surface area contributed by atoms with Gasteiger partial charge >= 0.3 is 5.97 Å². The number of halogens is 1. The lowest BCUT2D eigenvalue weighted by molar-refractivity contribution is -0.147. The van der Waals surface area contributed by atoms with Crippen molar-refractivity contribution in [3.63, 3.8) is 0 Å². The molecule has 0 spiro atoms. The molecule has 2 aromatic rings. The number of hydrogen-bond acceptors (Lipinski definition) is 5. The average Bonchev–Trinajstić information content (AvgIpc) is 2.61. The van der Waals surface area contributed by atoms with E-state index in [4.69, 9.17) is 21.1 Å². The summed E-state index contributed by atoms with van der Waals surface area (Å²) in [5.74, 6) is -1.41. The van der Waals surface area contributed by atoms with Crippen molar-refractivity contribution in [3.05, 3.63) is 64.7 Å². The SMILES string of the molecule is COc1ccc(Cl)cc1CC(=O)OCC(=O)NC(=O)c1ccccc1. The van der Waals surface area contributed by atoms with Crippen molar-refractivity contribution in [1.82, 2.24) is 5.32 Å². The maximum Gasteiger partial charge on any atom is 0.310 e. The molecule has 25 heavy (non-hydrogen) atoms. The van der Waals surface area contributed by atoms with Crippen LogP contribution in [0.25, 0.3) is 0 Å². The molecule has 2 rings (SSSR count). The first-order valence-electron chi connectivity index (χ1n) is 7.37. The van der Waals surface area contributed by atoms with E-state index in [1.165, 1.54) is 7.11 Å². The number of methoxy groups -OCH3 is 1. The Morgan fingerprint density at radius 2 is 1.80 bits per heavy atom. The predicted molar refractivity (Wildman–Crippen MR) is 91.6 cm³/mol. The molecule has 7 heteroatoms. The summed E-state index contributed by atoms with van der Waals surface area (Å²) >= 11 is 5.89. The van der Waals surface area contributed by atoms with Crippen molar-refractivity contribution in [2.75, 3.05) is 13.7 Å². The van der Waals surface area contributed by atoms with Gasteiger partial charge in [-0.2, -0.15) is 0 Å². The molecule has 0 saturated heterocycles. The number of rotatable bonds is 6. The molecule has 0 aliphatic heterocycles. The third-order valence-corrected chi connectivity index (χ3v) is 3.47. The molecule has 0 radical (unpaired) electrons. The van der Waals surface area contributed by atoms with E-state index in [9.17, 15) is 14.4 Å². The number of esters is 1. The number of imide groups is 1. The van der Waals surface area contributed by atoms with Crippen LogP contribution in [0.2, 0.25) is 5.02 Å². The van der Waals surface area contributed by atoms with Gasteiger partial charge in [0.05, 0.1) is 13.5 Å². The topological polar surface area (TPSA) is 81.7 Å². The third kappa shape index (κ3) is 5.61. The highest BCUT2D eigenvalue weighted by molar-refractivity contribution is 6.30. The smallest absolute Gasteiger partial charge is 0.310 e. The zero-order valence-corrected chi connectivity index (χ0v) is 14.2. The Morgan fingerprint density at radius 1 is 1.08 bits per heavy atom. The molecule has 0 aliphatic rings. The van der Waals surface area contributed by atoms with E-state index in [1.807, 2.05) is 0 Å². The fourth-order valence-corrected chi connectivity index (χ4v) is 2.26. The second-order valence-corrected chi connectivity index (χ2v) is 5.47. The lowest BCUT2D eigenvalue weighted by atomic mass is 10.1. The second-order valence-electron chi connectivity index (χ2n) is 5.04. The standard InChI is InChI=1S/C18H16ClNO5/c1-24-15-8-7-14(19)9-13(15)10-17(22)25-11-16(21)20-18(23)12-5-3-2-4-6-12/h2-9H,10-11H2,1H3,(H,20,21,23). The number of nitrogens with one attached hydrogen (secondary N) is 1. The van der Waals surface area contributed by atoms with Gasteiger partial charge in [0.2, 0.25) is 0 Å². The fourth-order valence-electron chi connectivity index (χ4n) is 2.06. The first-order valence-corrected chi connectivity index (χ1v) is 7.74. The Hall–Kier alpha value is -2.86. The van der Waals surface area contributed by atoms with Gasteiger partial charge in [-0.3, -0.25) is 19.7 Å². The highest BCUT2D eigenvalue weighted by atomic mass is 35.5. The average molecular weight is 362 g/mol. The highest BCUT2D eigenvalue weighted by Crippen LogP contribution is 2.23. The van der Waals surface area contributed by atoms with Gasteiger partial charge in [0.1, 0.15) is 5.75 Å². The van der Waals surface area contributed by atoms with E-state index in [1.54, 1.807) is 48.5 Å².